The zero-order valence-corrected chi connectivity index (χ0v) is 21.2. The molecule has 34 heavy (non-hydrogen) atoms. The van der Waals surface area contributed by atoms with Crippen LogP contribution in [0.5, 0.6) is 5.75 Å². The first-order valence-electron chi connectivity index (χ1n) is 11.8. The van der Waals surface area contributed by atoms with Crippen LogP contribution in [0.3, 0.4) is 0 Å². The molecule has 0 atom stereocenters. The number of ether oxygens (including phenoxy) is 1. The third kappa shape index (κ3) is 4.40. The summed E-state index contributed by atoms with van der Waals surface area (Å²) in [6, 6.07) is 5.29. The summed E-state index contributed by atoms with van der Waals surface area (Å²) in [4.78, 5) is 41.1. The van der Waals surface area contributed by atoms with E-state index in [9.17, 15) is 19.5 Å². The molecule has 0 radical (unpaired) electrons. The van der Waals surface area contributed by atoms with Crippen molar-refractivity contribution >= 4 is 29.1 Å². The number of allylic oxidation sites excluding steroid dienone is 4. The van der Waals surface area contributed by atoms with E-state index in [1.807, 2.05) is 34.6 Å². The molecule has 2 aliphatic carbocycles. The monoisotopic (exact) mass is 485 g/mol. The molecule has 1 aromatic carbocycles. The van der Waals surface area contributed by atoms with Crippen molar-refractivity contribution in [1.29, 1.82) is 0 Å². The fourth-order valence-corrected chi connectivity index (χ4v) is 5.90. The minimum absolute atomic E-state index is 0.0572. The number of hydrogen-bond donors (Lipinski definition) is 1. The molecule has 4 rings (SSSR count). The van der Waals surface area contributed by atoms with Gasteiger partial charge in [-0.05, 0) is 48.8 Å². The molecule has 1 heterocycles. The van der Waals surface area contributed by atoms with Gasteiger partial charge in [-0.25, -0.2) is 0 Å². The second-order valence-corrected chi connectivity index (χ2v) is 11.6. The molecule has 0 aromatic heterocycles. The predicted octanol–water partition coefficient (Wildman–Crippen LogP) is 5.51. The van der Waals surface area contributed by atoms with E-state index in [1.54, 1.807) is 23.1 Å². The highest BCUT2D eigenvalue weighted by atomic mass is 35.5. The minimum Gasteiger partial charge on any atom is -0.494 e. The Balaban J connectivity index is 2.05. The van der Waals surface area contributed by atoms with Crippen LogP contribution in [0.1, 0.15) is 71.8 Å². The van der Waals surface area contributed by atoms with Crippen LogP contribution in [0, 0.1) is 10.8 Å². The lowest BCUT2D eigenvalue weighted by molar-refractivity contribution is -0.138. The van der Waals surface area contributed by atoms with Crippen molar-refractivity contribution in [3.05, 3.63) is 51.3 Å². The average molecular weight is 486 g/mol. The summed E-state index contributed by atoms with van der Waals surface area (Å²) in [5.74, 6) is -1.15. The summed E-state index contributed by atoms with van der Waals surface area (Å²) in [6.07, 6.45) is 1.76. The van der Waals surface area contributed by atoms with Crippen LogP contribution in [0.2, 0.25) is 5.02 Å². The SMILES string of the molecule is CCOc1ccc(Cl)cc1C1C2=C(CC(C)(C)CC2=O)N(CC(=O)O)C2=C1C(=O)CC(C)(C)C2. The topological polar surface area (TPSA) is 83.9 Å². The van der Waals surface area contributed by atoms with Crippen LogP contribution < -0.4 is 4.74 Å². The van der Waals surface area contributed by atoms with E-state index >= 15 is 0 Å². The number of ketones is 2. The number of Topliss-reactive ketones (excluding diaryl/α,β-unsaturated/α-hetero) is 2. The molecule has 0 bridgehead atoms. The third-order valence-corrected chi connectivity index (χ3v) is 7.13. The second kappa shape index (κ2) is 8.56. The molecule has 6 nitrogen and oxygen atoms in total. The second-order valence-electron chi connectivity index (χ2n) is 11.1. The molecular formula is C27H32ClNO5. The Bertz CT molecular complexity index is 1090. The van der Waals surface area contributed by atoms with Crippen LogP contribution in [0.25, 0.3) is 0 Å². The van der Waals surface area contributed by atoms with E-state index in [-0.39, 0.29) is 28.9 Å². The van der Waals surface area contributed by atoms with Gasteiger partial charge in [-0.15, -0.1) is 0 Å². The van der Waals surface area contributed by atoms with E-state index in [0.717, 1.165) is 0 Å². The first-order chi connectivity index (χ1) is 15.8. The van der Waals surface area contributed by atoms with E-state index in [4.69, 9.17) is 16.3 Å². The van der Waals surface area contributed by atoms with Crippen molar-refractivity contribution in [2.24, 2.45) is 10.8 Å². The maximum absolute atomic E-state index is 13.7. The number of carbonyl (C=O) groups excluding carboxylic acids is 2. The normalized spacial score (nSPS) is 22.0. The minimum atomic E-state index is -0.999. The van der Waals surface area contributed by atoms with Gasteiger partial charge in [0.25, 0.3) is 0 Å². The fourth-order valence-electron chi connectivity index (χ4n) is 5.72. The van der Waals surface area contributed by atoms with E-state index in [0.29, 0.717) is 71.2 Å². The molecule has 0 spiro atoms. The summed E-state index contributed by atoms with van der Waals surface area (Å²) in [6.45, 7) is 10.1. The van der Waals surface area contributed by atoms with Gasteiger partial charge < -0.3 is 14.7 Å². The third-order valence-electron chi connectivity index (χ3n) is 6.90. The van der Waals surface area contributed by atoms with Gasteiger partial charge in [0.1, 0.15) is 12.3 Å². The molecule has 0 fully saturated rings. The van der Waals surface area contributed by atoms with Gasteiger partial charge >= 0.3 is 5.97 Å². The van der Waals surface area contributed by atoms with Gasteiger partial charge in [0.15, 0.2) is 11.6 Å². The molecule has 182 valence electrons. The molecule has 3 aliphatic rings. The molecule has 0 saturated heterocycles. The van der Waals surface area contributed by atoms with E-state index < -0.39 is 11.9 Å². The number of benzene rings is 1. The molecule has 0 unspecified atom stereocenters. The van der Waals surface area contributed by atoms with Crippen molar-refractivity contribution < 1.29 is 24.2 Å². The number of rotatable bonds is 5. The number of hydrogen-bond acceptors (Lipinski definition) is 5. The Morgan fingerprint density at radius 3 is 2.03 bits per heavy atom. The molecule has 1 aromatic rings. The number of carboxylic acids is 1. The van der Waals surface area contributed by atoms with Gasteiger partial charge in [-0.2, -0.15) is 0 Å². The van der Waals surface area contributed by atoms with Crippen LogP contribution >= 0.6 is 11.6 Å². The summed E-state index contributed by atoms with van der Waals surface area (Å²) < 4.78 is 5.91. The first kappa shape index (κ1) is 24.5. The largest absolute Gasteiger partial charge is 0.494 e. The van der Waals surface area contributed by atoms with Crippen molar-refractivity contribution in [2.45, 2.75) is 66.2 Å². The zero-order valence-electron chi connectivity index (χ0n) is 20.5. The number of nitrogens with zero attached hydrogens (tertiary/aromatic N) is 1. The lowest BCUT2D eigenvalue weighted by Crippen LogP contribution is -2.45. The highest BCUT2D eigenvalue weighted by Crippen LogP contribution is 2.55. The first-order valence-corrected chi connectivity index (χ1v) is 12.2. The Morgan fingerprint density at radius 2 is 1.56 bits per heavy atom. The Morgan fingerprint density at radius 1 is 1.03 bits per heavy atom. The Labute approximate surface area is 205 Å². The van der Waals surface area contributed by atoms with Gasteiger partial charge in [-0.1, -0.05) is 39.3 Å². The van der Waals surface area contributed by atoms with Crippen molar-refractivity contribution in [1.82, 2.24) is 4.90 Å². The summed E-state index contributed by atoms with van der Waals surface area (Å²) in [5.41, 5.74) is 2.48. The van der Waals surface area contributed by atoms with E-state index in [1.165, 1.54) is 0 Å². The lowest BCUT2D eigenvalue weighted by Gasteiger charge is -2.48. The lowest BCUT2D eigenvalue weighted by atomic mass is 9.63. The smallest absolute Gasteiger partial charge is 0.323 e. The maximum atomic E-state index is 13.7. The van der Waals surface area contributed by atoms with Crippen LogP contribution in [-0.4, -0.2) is 40.7 Å². The number of halogens is 1. The van der Waals surface area contributed by atoms with E-state index in [2.05, 4.69) is 0 Å². The molecule has 7 heteroatoms. The van der Waals surface area contributed by atoms with Gasteiger partial charge in [-0.3, -0.25) is 14.4 Å². The van der Waals surface area contributed by atoms with Gasteiger partial charge in [0.2, 0.25) is 0 Å². The van der Waals surface area contributed by atoms with Crippen molar-refractivity contribution in [2.75, 3.05) is 13.2 Å². The van der Waals surface area contributed by atoms with Crippen molar-refractivity contribution in [3.8, 4) is 5.75 Å². The fraction of sp³-hybridized carbons (Fsp3) is 0.519. The van der Waals surface area contributed by atoms with Gasteiger partial charge in [0.05, 0.1) is 6.61 Å². The number of aliphatic carboxylic acids is 1. The highest BCUT2D eigenvalue weighted by Gasteiger charge is 2.49. The van der Waals surface area contributed by atoms with Crippen LogP contribution in [0.4, 0.5) is 0 Å². The number of carbonyl (C=O) groups is 3. The highest BCUT2D eigenvalue weighted by molar-refractivity contribution is 6.30. The molecule has 1 N–H and O–H groups in total. The predicted molar refractivity (Wildman–Crippen MR) is 130 cm³/mol. The zero-order chi connectivity index (χ0) is 25.0. The summed E-state index contributed by atoms with van der Waals surface area (Å²) >= 11 is 6.40. The molecule has 0 amide bonds. The summed E-state index contributed by atoms with van der Waals surface area (Å²) in [7, 11) is 0. The quantitative estimate of drug-likeness (QED) is 0.592. The Kier molecular flexibility index (Phi) is 6.17. The Hall–Kier alpha value is -2.60. The van der Waals surface area contributed by atoms with Crippen LogP contribution in [-0.2, 0) is 14.4 Å². The number of carboxylic acid groups (broad SMARTS) is 1. The summed E-state index contributed by atoms with van der Waals surface area (Å²) in [5, 5.41) is 10.3. The maximum Gasteiger partial charge on any atom is 0.323 e. The average Bonchev–Trinajstić information content (AvgIpc) is 2.68. The molecule has 1 aliphatic heterocycles. The molecule has 0 saturated carbocycles. The van der Waals surface area contributed by atoms with Gasteiger partial charge in [0, 0.05) is 51.9 Å². The van der Waals surface area contributed by atoms with Crippen LogP contribution in [0.15, 0.2) is 40.7 Å². The van der Waals surface area contributed by atoms with Crippen molar-refractivity contribution in [3.63, 3.8) is 0 Å². The molecular weight excluding hydrogens is 454 g/mol. The standard InChI is InChI=1S/C27H32ClNO5/c1-6-34-21-8-7-15(28)9-16(21)23-24-17(10-26(2,3)12-19(24)30)29(14-22(32)33)18-11-27(4,5)13-20(31)25(18)23/h7-9,23H,6,10-14H2,1-5H3,(H,32,33).